The summed E-state index contributed by atoms with van der Waals surface area (Å²) in [5.41, 5.74) is 10.3. The van der Waals surface area contributed by atoms with Crippen molar-refractivity contribution in [3.8, 4) is 39.3 Å². The summed E-state index contributed by atoms with van der Waals surface area (Å²) in [5, 5.41) is 11.0. The summed E-state index contributed by atoms with van der Waals surface area (Å²) in [5.74, 6) is 0. The molecule has 4 heteroatoms. The van der Waals surface area contributed by atoms with Gasteiger partial charge in [0.05, 0.1) is 27.9 Å². The van der Waals surface area contributed by atoms with Crippen LogP contribution in [-0.2, 0) is 0 Å². The molecule has 0 N–H and O–H groups in total. The van der Waals surface area contributed by atoms with Crippen molar-refractivity contribution in [2.75, 3.05) is 0 Å². The summed E-state index contributed by atoms with van der Waals surface area (Å²) in [6.45, 7) is 0. The quantitative estimate of drug-likeness (QED) is 0.196. The van der Waals surface area contributed by atoms with E-state index in [9.17, 15) is 0 Å². The number of hydrogen-bond acceptors (Lipinski definition) is 3. The fourth-order valence-electron chi connectivity index (χ4n) is 6.47. The molecule has 0 aliphatic heterocycles. The molecule has 0 saturated heterocycles. The lowest BCUT2D eigenvalue weighted by Crippen LogP contribution is -1.96. The number of fused-ring (bicyclic) bond motifs is 6. The van der Waals surface area contributed by atoms with Crippen molar-refractivity contribution in [1.82, 2.24) is 19.7 Å². The number of pyridine rings is 2. The predicted molar refractivity (Wildman–Crippen MR) is 185 cm³/mol. The van der Waals surface area contributed by atoms with Crippen molar-refractivity contribution in [2.45, 2.75) is 0 Å². The third-order valence-corrected chi connectivity index (χ3v) is 8.64. The van der Waals surface area contributed by atoms with E-state index in [1.807, 2.05) is 18.3 Å². The Balaban J connectivity index is 1.26. The second kappa shape index (κ2) is 10.2. The zero-order chi connectivity index (χ0) is 29.7. The van der Waals surface area contributed by atoms with Gasteiger partial charge in [-0.25, -0.2) is 9.67 Å². The van der Waals surface area contributed by atoms with E-state index in [-0.39, 0.29) is 0 Å². The Morgan fingerprint density at radius 3 is 1.98 bits per heavy atom. The molecule has 0 fully saturated rings. The maximum absolute atomic E-state index is 5.34. The molecule has 0 atom stereocenters. The van der Waals surface area contributed by atoms with Gasteiger partial charge in [0, 0.05) is 38.9 Å². The van der Waals surface area contributed by atoms with E-state index in [0.717, 1.165) is 60.9 Å². The summed E-state index contributed by atoms with van der Waals surface area (Å²) in [6.07, 6.45) is 1.83. The average Bonchev–Trinajstić information content (AvgIpc) is 3.53. The predicted octanol–water partition coefficient (Wildman–Crippen LogP) is 10.3. The highest BCUT2D eigenvalue weighted by Crippen LogP contribution is 2.42. The summed E-state index contributed by atoms with van der Waals surface area (Å²) in [7, 11) is 0. The molecule has 0 spiro atoms. The lowest BCUT2D eigenvalue weighted by atomic mass is 9.93. The van der Waals surface area contributed by atoms with E-state index in [4.69, 9.17) is 10.1 Å². The molecular formula is C41H26N4. The van der Waals surface area contributed by atoms with Gasteiger partial charge < -0.3 is 0 Å². The Morgan fingerprint density at radius 2 is 1.16 bits per heavy atom. The van der Waals surface area contributed by atoms with Crippen LogP contribution in [-0.4, -0.2) is 19.7 Å². The van der Waals surface area contributed by atoms with Gasteiger partial charge in [-0.2, -0.15) is 5.10 Å². The van der Waals surface area contributed by atoms with Gasteiger partial charge >= 0.3 is 0 Å². The van der Waals surface area contributed by atoms with Crippen LogP contribution in [0.25, 0.3) is 82.8 Å². The lowest BCUT2D eigenvalue weighted by molar-refractivity contribution is 0.918. The van der Waals surface area contributed by atoms with Crippen LogP contribution in [0.1, 0.15) is 0 Å². The van der Waals surface area contributed by atoms with Gasteiger partial charge in [-0.05, 0) is 46.8 Å². The number of nitrogens with zero attached hydrogens (tertiary/aromatic N) is 4. The van der Waals surface area contributed by atoms with Gasteiger partial charge in [-0.1, -0.05) is 121 Å². The van der Waals surface area contributed by atoms with Crippen molar-refractivity contribution < 1.29 is 0 Å². The average molecular weight is 575 g/mol. The summed E-state index contributed by atoms with van der Waals surface area (Å²) >= 11 is 0. The maximum atomic E-state index is 5.34. The van der Waals surface area contributed by atoms with Crippen molar-refractivity contribution >= 4 is 43.5 Å². The van der Waals surface area contributed by atoms with E-state index < -0.39 is 0 Å². The highest BCUT2D eigenvalue weighted by atomic mass is 15.3. The maximum Gasteiger partial charge on any atom is 0.101 e. The topological polar surface area (TPSA) is 43.6 Å². The van der Waals surface area contributed by atoms with E-state index in [1.54, 1.807) is 0 Å². The van der Waals surface area contributed by atoms with Gasteiger partial charge in [0.2, 0.25) is 0 Å². The molecule has 0 bridgehead atoms. The van der Waals surface area contributed by atoms with Gasteiger partial charge in [-0.3, -0.25) is 4.98 Å². The van der Waals surface area contributed by atoms with Gasteiger partial charge in [0.25, 0.3) is 0 Å². The zero-order valence-corrected chi connectivity index (χ0v) is 24.3. The summed E-state index contributed by atoms with van der Waals surface area (Å²) in [6, 6.07) is 53.1. The third kappa shape index (κ3) is 4.19. The minimum Gasteiger partial charge on any atom is -0.254 e. The van der Waals surface area contributed by atoms with E-state index in [1.165, 1.54) is 21.9 Å². The van der Waals surface area contributed by atoms with Crippen LogP contribution >= 0.6 is 0 Å². The first-order valence-corrected chi connectivity index (χ1v) is 15.1. The first kappa shape index (κ1) is 25.4. The molecule has 9 aromatic rings. The van der Waals surface area contributed by atoms with Crippen LogP contribution < -0.4 is 0 Å². The molecule has 0 amide bonds. The standard InChI is InChI=1S/C41H26N4/c1-3-10-27(11-4-1)35-26-32-12-7-8-16-34(32)41-37(35)38(44-45(41)33-14-5-2-6-15-33)30-19-17-28(18-20-30)36-24-23-31-22-21-29-13-9-25-42-39(29)40(31)43-36/h1-26H. The molecule has 0 radical (unpaired) electrons. The van der Waals surface area contributed by atoms with Crippen LogP contribution in [0.2, 0.25) is 0 Å². The molecule has 210 valence electrons. The Kier molecular flexibility index (Phi) is 5.78. The van der Waals surface area contributed by atoms with Crippen LogP contribution in [0.15, 0.2) is 158 Å². The molecule has 0 unspecified atom stereocenters. The lowest BCUT2D eigenvalue weighted by Gasteiger charge is -2.11. The van der Waals surface area contributed by atoms with Gasteiger partial charge in [0.1, 0.15) is 5.69 Å². The highest BCUT2D eigenvalue weighted by Gasteiger charge is 2.21. The SMILES string of the molecule is c1ccc(-c2cc3ccccc3c3c2c(-c2ccc(-c4ccc5ccc6cccnc6c5n4)cc2)nn3-c2ccccc2)cc1. The monoisotopic (exact) mass is 574 g/mol. The number of para-hydroxylation sites is 1. The Morgan fingerprint density at radius 1 is 0.489 bits per heavy atom. The van der Waals surface area contributed by atoms with Crippen molar-refractivity contribution in [3.63, 3.8) is 0 Å². The van der Waals surface area contributed by atoms with E-state index in [0.29, 0.717) is 0 Å². The molecule has 9 rings (SSSR count). The van der Waals surface area contributed by atoms with Gasteiger partial charge in [-0.15, -0.1) is 0 Å². The molecule has 45 heavy (non-hydrogen) atoms. The second-order valence-electron chi connectivity index (χ2n) is 11.3. The number of rotatable bonds is 4. The number of hydrogen-bond donors (Lipinski definition) is 0. The van der Waals surface area contributed by atoms with E-state index in [2.05, 4.69) is 149 Å². The Hall–Kier alpha value is -6.13. The summed E-state index contributed by atoms with van der Waals surface area (Å²) in [4.78, 5) is 9.71. The van der Waals surface area contributed by atoms with E-state index >= 15 is 0 Å². The van der Waals surface area contributed by atoms with Crippen molar-refractivity contribution in [2.24, 2.45) is 0 Å². The highest BCUT2D eigenvalue weighted by molar-refractivity contribution is 6.17. The smallest absolute Gasteiger partial charge is 0.101 e. The van der Waals surface area contributed by atoms with Crippen LogP contribution in [0.4, 0.5) is 0 Å². The molecule has 4 nitrogen and oxygen atoms in total. The minimum absolute atomic E-state index is 0.918. The molecule has 0 aliphatic rings. The fourth-order valence-corrected chi connectivity index (χ4v) is 6.47. The molecule has 3 heterocycles. The third-order valence-electron chi connectivity index (χ3n) is 8.64. The van der Waals surface area contributed by atoms with Gasteiger partial charge in [0.15, 0.2) is 0 Å². The largest absolute Gasteiger partial charge is 0.254 e. The first-order chi connectivity index (χ1) is 22.3. The molecule has 0 saturated carbocycles. The zero-order valence-electron chi connectivity index (χ0n) is 24.3. The fraction of sp³-hybridized carbons (Fsp3) is 0. The molecule has 0 aliphatic carbocycles. The second-order valence-corrected chi connectivity index (χ2v) is 11.3. The first-order valence-electron chi connectivity index (χ1n) is 15.1. The van der Waals surface area contributed by atoms with Crippen molar-refractivity contribution in [3.05, 3.63) is 158 Å². The number of benzene rings is 6. The Labute approximate surface area is 259 Å². The van der Waals surface area contributed by atoms with Crippen LogP contribution in [0.3, 0.4) is 0 Å². The molecule has 6 aromatic carbocycles. The van der Waals surface area contributed by atoms with Crippen molar-refractivity contribution in [1.29, 1.82) is 0 Å². The summed E-state index contributed by atoms with van der Waals surface area (Å²) < 4.78 is 2.11. The molecular weight excluding hydrogens is 548 g/mol. The Bertz CT molecular complexity index is 2520. The number of aromatic nitrogens is 4. The normalized spacial score (nSPS) is 11.6. The molecule has 3 aromatic heterocycles. The van der Waals surface area contributed by atoms with Crippen LogP contribution in [0.5, 0.6) is 0 Å². The minimum atomic E-state index is 0.918. The van der Waals surface area contributed by atoms with Crippen LogP contribution in [0, 0.1) is 0 Å².